The Kier molecular flexibility index (Phi) is 1.60. The van der Waals surface area contributed by atoms with E-state index in [9.17, 15) is 0 Å². The third-order valence-corrected chi connectivity index (χ3v) is 1.87. The molecule has 2 heterocycles. The van der Waals surface area contributed by atoms with Gasteiger partial charge in [0.25, 0.3) is 0 Å². The first-order valence-corrected chi connectivity index (χ1v) is 3.85. The van der Waals surface area contributed by atoms with E-state index in [4.69, 9.17) is 5.26 Å². The lowest BCUT2D eigenvalue weighted by atomic mass is 10.2. The van der Waals surface area contributed by atoms with E-state index in [1.807, 2.05) is 12.1 Å². The summed E-state index contributed by atoms with van der Waals surface area (Å²) in [6, 6.07) is 7.63. The minimum atomic E-state index is 0.525. The molecule has 0 N–H and O–H groups in total. The van der Waals surface area contributed by atoms with Gasteiger partial charge in [0.05, 0.1) is 11.7 Å². The number of aromatic nitrogens is 2. The van der Waals surface area contributed by atoms with Crippen molar-refractivity contribution >= 4 is 11.6 Å². The standard InChI is InChI=1S/C10H7N3/c1-2-8-5-9-3-4-12-13(9)10(6-8)7-11/h2-6H,1H2. The smallest absolute Gasteiger partial charge is 0.143 e. The highest BCUT2D eigenvalue weighted by Gasteiger charge is 2.01. The third kappa shape index (κ3) is 1.09. The zero-order valence-corrected chi connectivity index (χ0v) is 6.94. The van der Waals surface area contributed by atoms with E-state index in [1.165, 1.54) is 0 Å². The molecule has 0 amide bonds. The molecule has 2 aromatic rings. The summed E-state index contributed by atoms with van der Waals surface area (Å²) in [7, 11) is 0. The van der Waals surface area contributed by atoms with Crippen LogP contribution in [-0.4, -0.2) is 9.61 Å². The van der Waals surface area contributed by atoms with Crippen molar-refractivity contribution in [3.8, 4) is 6.07 Å². The molecular weight excluding hydrogens is 162 g/mol. The molecule has 0 atom stereocenters. The quantitative estimate of drug-likeness (QED) is 0.653. The van der Waals surface area contributed by atoms with Gasteiger partial charge in [0.1, 0.15) is 11.8 Å². The Balaban J connectivity index is 2.86. The fourth-order valence-corrected chi connectivity index (χ4v) is 1.25. The molecule has 0 saturated carbocycles. The van der Waals surface area contributed by atoms with Crippen LogP contribution in [0.3, 0.4) is 0 Å². The summed E-state index contributed by atoms with van der Waals surface area (Å²) in [5.74, 6) is 0. The van der Waals surface area contributed by atoms with Gasteiger partial charge in [-0.25, -0.2) is 4.52 Å². The van der Waals surface area contributed by atoms with Crippen LogP contribution in [0.2, 0.25) is 0 Å². The van der Waals surface area contributed by atoms with Crippen molar-refractivity contribution < 1.29 is 0 Å². The Morgan fingerprint density at radius 3 is 3.08 bits per heavy atom. The Morgan fingerprint density at radius 1 is 1.54 bits per heavy atom. The molecule has 0 spiro atoms. The SMILES string of the molecule is C=Cc1cc(C#N)n2nccc2c1. The van der Waals surface area contributed by atoms with E-state index in [1.54, 1.807) is 22.9 Å². The maximum atomic E-state index is 8.83. The zero-order chi connectivity index (χ0) is 9.26. The lowest BCUT2D eigenvalue weighted by Crippen LogP contribution is -1.94. The predicted molar refractivity (Wildman–Crippen MR) is 50.0 cm³/mol. The molecule has 3 nitrogen and oxygen atoms in total. The van der Waals surface area contributed by atoms with E-state index < -0.39 is 0 Å². The van der Waals surface area contributed by atoms with Gasteiger partial charge in [-0.05, 0) is 23.8 Å². The van der Waals surface area contributed by atoms with Gasteiger partial charge in [0.2, 0.25) is 0 Å². The number of hydrogen-bond acceptors (Lipinski definition) is 2. The first-order chi connectivity index (χ1) is 6.35. The molecule has 0 aliphatic rings. The summed E-state index contributed by atoms with van der Waals surface area (Å²) < 4.78 is 1.60. The molecule has 0 fully saturated rings. The van der Waals surface area contributed by atoms with Gasteiger partial charge in [-0.3, -0.25) is 0 Å². The number of nitriles is 1. The van der Waals surface area contributed by atoms with E-state index in [0.29, 0.717) is 5.69 Å². The maximum absolute atomic E-state index is 8.83. The molecule has 0 aliphatic heterocycles. The highest BCUT2D eigenvalue weighted by molar-refractivity contribution is 5.59. The second-order valence-electron chi connectivity index (χ2n) is 2.66. The number of pyridine rings is 1. The Bertz CT molecular complexity index is 502. The summed E-state index contributed by atoms with van der Waals surface area (Å²) in [5, 5.41) is 12.9. The van der Waals surface area contributed by atoms with Gasteiger partial charge >= 0.3 is 0 Å². The number of nitrogens with zero attached hydrogens (tertiary/aromatic N) is 3. The predicted octanol–water partition coefficient (Wildman–Crippen LogP) is 1.85. The monoisotopic (exact) mass is 169 g/mol. The maximum Gasteiger partial charge on any atom is 0.143 e. The van der Waals surface area contributed by atoms with Crippen molar-refractivity contribution in [1.82, 2.24) is 9.61 Å². The van der Waals surface area contributed by atoms with Crippen molar-refractivity contribution in [1.29, 1.82) is 5.26 Å². The average Bonchev–Trinajstić information content (AvgIpc) is 2.63. The topological polar surface area (TPSA) is 41.1 Å². The highest BCUT2D eigenvalue weighted by atomic mass is 15.2. The molecular formula is C10H7N3. The van der Waals surface area contributed by atoms with E-state index in [2.05, 4.69) is 17.7 Å². The van der Waals surface area contributed by atoms with Crippen molar-refractivity contribution in [2.45, 2.75) is 0 Å². The molecule has 0 bridgehead atoms. The Labute approximate surface area is 75.5 Å². The van der Waals surface area contributed by atoms with Crippen molar-refractivity contribution in [3.63, 3.8) is 0 Å². The van der Waals surface area contributed by atoms with Crippen molar-refractivity contribution in [2.24, 2.45) is 0 Å². The van der Waals surface area contributed by atoms with Gasteiger partial charge in [0, 0.05) is 0 Å². The zero-order valence-electron chi connectivity index (χ0n) is 6.94. The van der Waals surface area contributed by atoms with E-state index in [-0.39, 0.29) is 0 Å². The summed E-state index contributed by atoms with van der Waals surface area (Å²) in [5.41, 5.74) is 2.37. The van der Waals surface area contributed by atoms with E-state index >= 15 is 0 Å². The molecule has 0 saturated heterocycles. The van der Waals surface area contributed by atoms with Crippen LogP contribution in [0.1, 0.15) is 11.3 Å². The number of rotatable bonds is 1. The summed E-state index contributed by atoms with van der Waals surface area (Å²) >= 11 is 0. The minimum absolute atomic E-state index is 0.525. The first kappa shape index (κ1) is 7.56. The van der Waals surface area contributed by atoms with Gasteiger partial charge in [-0.1, -0.05) is 12.7 Å². The average molecular weight is 169 g/mol. The molecule has 2 aromatic heterocycles. The van der Waals surface area contributed by atoms with Gasteiger partial charge in [-0.2, -0.15) is 10.4 Å². The van der Waals surface area contributed by atoms with Crippen molar-refractivity contribution in [3.05, 3.63) is 42.2 Å². The number of hydrogen-bond donors (Lipinski definition) is 0. The van der Waals surface area contributed by atoms with Crippen LogP contribution >= 0.6 is 0 Å². The Hall–Kier alpha value is -2.08. The second kappa shape index (κ2) is 2.76. The van der Waals surface area contributed by atoms with Crippen LogP contribution in [-0.2, 0) is 0 Å². The molecule has 3 heteroatoms. The van der Waals surface area contributed by atoms with Crippen molar-refractivity contribution in [2.75, 3.05) is 0 Å². The van der Waals surface area contributed by atoms with Crippen LogP contribution in [0.4, 0.5) is 0 Å². The fourth-order valence-electron chi connectivity index (χ4n) is 1.25. The normalized spacial score (nSPS) is 9.77. The summed E-state index contributed by atoms with van der Waals surface area (Å²) in [6.45, 7) is 3.66. The van der Waals surface area contributed by atoms with Crippen LogP contribution in [0.25, 0.3) is 11.6 Å². The third-order valence-electron chi connectivity index (χ3n) is 1.87. The summed E-state index contributed by atoms with van der Waals surface area (Å²) in [6.07, 6.45) is 3.39. The van der Waals surface area contributed by atoms with Gasteiger partial charge in [-0.15, -0.1) is 0 Å². The second-order valence-corrected chi connectivity index (χ2v) is 2.66. The van der Waals surface area contributed by atoms with Crippen LogP contribution in [0, 0.1) is 11.3 Å². The molecule has 0 radical (unpaired) electrons. The summed E-state index contributed by atoms with van der Waals surface area (Å²) in [4.78, 5) is 0. The molecule has 0 unspecified atom stereocenters. The highest BCUT2D eigenvalue weighted by Crippen LogP contribution is 2.11. The fraction of sp³-hybridized carbons (Fsp3) is 0. The largest absolute Gasteiger partial charge is 0.223 e. The van der Waals surface area contributed by atoms with Crippen LogP contribution in [0.5, 0.6) is 0 Å². The molecule has 62 valence electrons. The van der Waals surface area contributed by atoms with Gasteiger partial charge < -0.3 is 0 Å². The van der Waals surface area contributed by atoms with Crippen LogP contribution in [0.15, 0.2) is 31.0 Å². The number of fused-ring (bicyclic) bond motifs is 1. The molecule has 2 rings (SSSR count). The van der Waals surface area contributed by atoms with E-state index in [0.717, 1.165) is 11.1 Å². The molecule has 0 aromatic carbocycles. The minimum Gasteiger partial charge on any atom is -0.223 e. The lowest BCUT2D eigenvalue weighted by molar-refractivity contribution is 0.940. The van der Waals surface area contributed by atoms with Crippen LogP contribution < -0.4 is 0 Å². The molecule has 13 heavy (non-hydrogen) atoms. The Morgan fingerprint density at radius 2 is 2.38 bits per heavy atom. The lowest BCUT2D eigenvalue weighted by Gasteiger charge is -1.98. The molecule has 0 aliphatic carbocycles. The first-order valence-electron chi connectivity index (χ1n) is 3.85. The van der Waals surface area contributed by atoms with Gasteiger partial charge in [0.15, 0.2) is 0 Å².